The van der Waals surface area contributed by atoms with E-state index in [4.69, 9.17) is 4.74 Å². The standard InChI is InChI=1S/C17H22N2O5/c1-9(2)23-17(22)19-15-7-10(3)18-14-6-5-12(8-13(14)15)16(21)24-11(4)20/h5-6,8-10,15,18H,7H2,1-4H3,(H,19,22). The predicted molar refractivity (Wildman–Crippen MR) is 87.7 cm³/mol. The summed E-state index contributed by atoms with van der Waals surface area (Å²) < 4.78 is 9.73. The first kappa shape index (κ1) is 17.8. The van der Waals surface area contributed by atoms with Crippen LogP contribution in [-0.4, -0.2) is 30.2 Å². The Morgan fingerprint density at radius 3 is 2.62 bits per heavy atom. The molecule has 1 aliphatic rings. The number of carbonyl (C=O) groups is 3. The van der Waals surface area contributed by atoms with Crippen LogP contribution < -0.4 is 10.6 Å². The summed E-state index contributed by atoms with van der Waals surface area (Å²) in [6, 6.07) is 4.80. The number of hydrogen-bond acceptors (Lipinski definition) is 6. The minimum absolute atomic E-state index is 0.150. The van der Waals surface area contributed by atoms with Crippen LogP contribution in [0.4, 0.5) is 10.5 Å². The highest BCUT2D eigenvalue weighted by Crippen LogP contribution is 2.33. The van der Waals surface area contributed by atoms with Gasteiger partial charge in [0.05, 0.1) is 17.7 Å². The zero-order chi connectivity index (χ0) is 17.9. The second-order valence-electron chi connectivity index (χ2n) is 6.12. The van der Waals surface area contributed by atoms with Gasteiger partial charge in [0, 0.05) is 18.7 Å². The van der Waals surface area contributed by atoms with Gasteiger partial charge in [-0.3, -0.25) is 4.79 Å². The van der Waals surface area contributed by atoms with E-state index in [1.54, 1.807) is 32.0 Å². The van der Waals surface area contributed by atoms with Crippen molar-refractivity contribution in [2.45, 2.75) is 52.3 Å². The van der Waals surface area contributed by atoms with Gasteiger partial charge in [0.15, 0.2) is 0 Å². The quantitative estimate of drug-likeness (QED) is 0.652. The molecule has 0 fully saturated rings. The predicted octanol–water partition coefficient (Wildman–Crippen LogP) is 2.77. The van der Waals surface area contributed by atoms with E-state index < -0.39 is 18.0 Å². The largest absolute Gasteiger partial charge is 0.447 e. The van der Waals surface area contributed by atoms with Gasteiger partial charge in [-0.1, -0.05) is 0 Å². The third-order valence-electron chi connectivity index (χ3n) is 3.53. The second kappa shape index (κ2) is 7.33. The van der Waals surface area contributed by atoms with Crippen molar-refractivity contribution in [3.63, 3.8) is 0 Å². The molecule has 0 aromatic heterocycles. The maximum atomic E-state index is 11.9. The van der Waals surface area contributed by atoms with Crippen molar-refractivity contribution in [3.8, 4) is 0 Å². The number of benzene rings is 1. The highest BCUT2D eigenvalue weighted by Gasteiger charge is 2.27. The minimum Gasteiger partial charge on any atom is -0.447 e. The smallest absolute Gasteiger partial charge is 0.407 e. The molecule has 130 valence electrons. The molecule has 1 heterocycles. The molecule has 1 aromatic rings. The van der Waals surface area contributed by atoms with Crippen LogP contribution in [0.25, 0.3) is 0 Å². The summed E-state index contributed by atoms with van der Waals surface area (Å²) >= 11 is 0. The van der Waals surface area contributed by atoms with E-state index in [0.29, 0.717) is 6.42 Å². The monoisotopic (exact) mass is 334 g/mol. The number of anilines is 1. The van der Waals surface area contributed by atoms with Crippen molar-refractivity contribution in [1.29, 1.82) is 0 Å². The van der Waals surface area contributed by atoms with Crippen molar-refractivity contribution >= 4 is 23.7 Å². The van der Waals surface area contributed by atoms with Gasteiger partial charge in [-0.2, -0.15) is 0 Å². The van der Waals surface area contributed by atoms with Crippen LogP contribution in [0.3, 0.4) is 0 Å². The van der Waals surface area contributed by atoms with E-state index >= 15 is 0 Å². The van der Waals surface area contributed by atoms with Crippen LogP contribution in [0.15, 0.2) is 18.2 Å². The molecule has 7 heteroatoms. The Morgan fingerprint density at radius 1 is 1.29 bits per heavy atom. The van der Waals surface area contributed by atoms with Crippen LogP contribution in [0.5, 0.6) is 0 Å². The van der Waals surface area contributed by atoms with E-state index in [1.165, 1.54) is 6.92 Å². The first-order chi connectivity index (χ1) is 11.3. The fourth-order valence-electron chi connectivity index (χ4n) is 2.63. The third kappa shape index (κ3) is 4.47. The third-order valence-corrected chi connectivity index (χ3v) is 3.53. The van der Waals surface area contributed by atoms with Crippen molar-refractivity contribution in [2.75, 3.05) is 5.32 Å². The van der Waals surface area contributed by atoms with E-state index in [2.05, 4.69) is 15.4 Å². The number of esters is 2. The Labute approximate surface area is 140 Å². The summed E-state index contributed by atoms with van der Waals surface area (Å²) in [5.74, 6) is -1.38. The first-order valence-corrected chi connectivity index (χ1v) is 7.86. The van der Waals surface area contributed by atoms with Gasteiger partial charge in [0.1, 0.15) is 0 Å². The van der Waals surface area contributed by atoms with Crippen molar-refractivity contribution in [2.24, 2.45) is 0 Å². The molecule has 0 saturated heterocycles. The molecule has 7 nitrogen and oxygen atoms in total. The van der Waals surface area contributed by atoms with Crippen LogP contribution in [0.2, 0.25) is 0 Å². The minimum atomic E-state index is -0.715. The van der Waals surface area contributed by atoms with E-state index in [-0.39, 0.29) is 23.8 Å². The number of ether oxygens (including phenoxy) is 2. The highest BCUT2D eigenvalue weighted by atomic mass is 16.6. The van der Waals surface area contributed by atoms with Gasteiger partial charge in [-0.05, 0) is 51.0 Å². The molecule has 0 radical (unpaired) electrons. The molecule has 0 saturated carbocycles. The lowest BCUT2D eigenvalue weighted by atomic mass is 9.92. The maximum absolute atomic E-state index is 11.9. The van der Waals surface area contributed by atoms with E-state index in [9.17, 15) is 14.4 Å². The van der Waals surface area contributed by atoms with Crippen LogP contribution >= 0.6 is 0 Å². The lowest BCUT2D eigenvalue weighted by molar-refractivity contribution is -0.135. The Bertz CT molecular complexity index is 656. The summed E-state index contributed by atoms with van der Waals surface area (Å²) in [5.41, 5.74) is 1.83. The number of hydrogen-bond donors (Lipinski definition) is 2. The fraction of sp³-hybridized carbons (Fsp3) is 0.471. The van der Waals surface area contributed by atoms with Gasteiger partial charge < -0.3 is 20.1 Å². The second-order valence-corrected chi connectivity index (χ2v) is 6.12. The van der Waals surface area contributed by atoms with Crippen molar-refractivity contribution in [3.05, 3.63) is 29.3 Å². The SMILES string of the molecule is CC(=O)OC(=O)c1ccc2c(c1)C(NC(=O)OC(C)C)CC(C)N2. The van der Waals surface area contributed by atoms with Crippen LogP contribution in [0.1, 0.15) is 56.1 Å². The van der Waals surface area contributed by atoms with Gasteiger partial charge in [0.25, 0.3) is 0 Å². The maximum Gasteiger partial charge on any atom is 0.407 e. The molecule has 1 aliphatic heterocycles. The molecule has 24 heavy (non-hydrogen) atoms. The molecule has 2 unspecified atom stereocenters. The summed E-state index contributed by atoms with van der Waals surface area (Å²) in [6.07, 6.45) is -0.0851. The molecule has 1 aromatic carbocycles. The van der Waals surface area contributed by atoms with Crippen LogP contribution in [-0.2, 0) is 14.3 Å². The summed E-state index contributed by atoms with van der Waals surface area (Å²) in [6.45, 7) is 6.72. The van der Waals surface area contributed by atoms with Gasteiger partial charge in [-0.25, -0.2) is 9.59 Å². The number of carbonyl (C=O) groups excluding carboxylic acids is 3. The number of rotatable bonds is 3. The average Bonchev–Trinajstić information content (AvgIpc) is 2.44. The zero-order valence-electron chi connectivity index (χ0n) is 14.2. The number of amides is 1. The Balaban J connectivity index is 2.25. The van der Waals surface area contributed by atoms with Gasteiger partial charge >= 0.3 is 18.0 Å². The molecule has 2 rings (SSSR count). The summed E-state index contributed by atoms with van der Waals surface area (Å²) in [7, 11) is 0. The fourth-order valence-corrected chi connectivity index (χ4v) is 2.63. The Kier molecular flexibility index (Phi) is 5.43. The Hall–Kier alpha value is -2.57. The number of fused-ring (bicyclic) bond motifs is 1. The number of nitrogens with one attached hydrogen (secondary N) is 2. The lowest BCUT2D eigenvalue weighted by Crippen LogP contribution is -2.37. The normalized spacial score (nSPS) is 19.0. The average molecular weight is 334 g/mol. The van der Waals surface area contributed by atoms with E-state index in [1.807, 2.05) is 6.92 Å². The molecule has 0 spiro atoms. The summed E-state index contributed by atoms with van der Waals surface area (Å²) in [5, 5.41) is 6.12. The van der Waals surface area contributed by atoms with Gasteiger partial charge in [0.2, 0.25) is 0 Å². The molecule has 0 aliphatic carbocycles. The molecular weight excluding hydrogens is 312 g/mol. The van der Waals surface area contributed by atoms with Crippen molar-refractivity contribution in [1.82, 2.24) is 5.32 Å². The number of alkyl carbamates (subject to hydrolysis) is 1. The summed E-state index contributed by atoms with van der Waals surface area (Å²) in [4.78, 5) is 34.8. The van der Waals surface area contributed by atoms with Crippen LogP contribution in [0, 0.1) is 0 Å². The Morgan fingerprint density at radius 2 is 2.00 bits per heavy atom. The van der Waals surface area contributed by atoms with Gasteiger partial charge in [-0.15, -0.1) is 0 Å². The molecular formula is C17H22N2O5. The molecule has 0 bridgehead atoms. The highest BCUT2D eigenvalue weighted by molar-refractivity contribution is 5.96. The zero-order valence-corrected chi connectivity index (χ0v) is 14.2. The van der Waals surface area contributed by atoms with Crippen molar-refractivity contribution < 1.29 is 23.9 Å². The first-order valence-electron chi connectivity index (χ1n) is 7.86. The molecule has 2 N–H and O–H groups in total. The molecule has 2 atom stereocenters. The topological polar surface area (TPSA) is 93.7 Å². The lowest BCUT2D eigenvalue weighted by Gasteiger charge is -2.32. The van der Waals surface area contributed by atoms with E-state index in [0.717, 1.165) is 11.3 Å². The molecule has 1 amide bonds.